The van der Waals surface area contributed by atoms with Crippen molar-refractivity contribution in [2.24, 2.45) is 0 Å². The van der Waals surface area contributed by atoms with Gasteiger partial charge in [0.15, 0.2) is 5.75 Å². The predicted molar refractivity (Wildman–Crippen MR) is 53.9 cm³/mol. The highest BCUT2D eigenvalue weighted by Gasteiger charge is 2.05. The van der Waals surface area contributed by atoms with Gasteiger partial charge in [0.25, 0.3) is 5.88 Å². The number of H-pyrrole nitrogens is 1. The normalized spacial score (nSPS) is 9.93. The summed E-state index contributed by atoms with van der Waals surface area (Å²) < 4.78 is 5.32. The minimum Gasteiger partial charge on any atom is -0.433 e. The lowest BCUT2D eigenvalue weighted by Crippen LogP contribution is -2.09. The molecular weight excluding hydrogens is 194 g/mol. The fraction of sp³-hybridized carbons (Fsp3) is 0.100. The number of ether oxygens (including phenoxy) is 1. The molecule has 0 radical (unpaired) electrons. The summed E-state index contributed by atoms with van der Waals surface area (Å²) in [7, 11) is 0. The Morgan fingerprint density at radius 1 is 1.33 bits per heavy atom. The van der Waals surface area contributed by atoms with Gasteiger partial charge in [-0.2, -0.15) is 0 Å². The summed E-state index contributed by atoms with van der Waals surface area (Å²) in [6.45, 7) is 1.80. The van der Waals surface area contributed by atoms with Crippen LogP contribution in [0.25, 0.3) is 0 Å². The van der Waals surface area contributed by atoms with Crippen LogP contribution in [0.5, 0.6) is 11.6 Å². The SMILES string of the molecule is Cc1ncccc1Oc1ncc[nH]c1=O. The fourth-order valence-corrected chi connectivity index (χ4v) is 1.09. The summed E-state index contributed by atoms with van der Waals surface area (Å²) in [6.07, 6.45) is 4.57. The Labute approximate surface area is 85.8 Å². The number of aromatic amines is 1. The van der Waals surface area contributed by atoms with Crippen molar-refractivity contribution in [2.45, 2.75) is 6.92 Å². The zero-order valence-electron chi connectivity index (χ0n) is 8.10. The van der Waals surface area contributed by atoms with E-state index in [0.29, 0.717) is 11.4 Å². The molecule has 0 aliphatic heterocycles. The van der Waals surface area contributed by atoms with Crippen molar-refractivity contribution in [1.29, 1.82) is 0 Å². The van der Waals surface area contributed by atoms with E-state index in [2.05, 4.69) is 15.0 Å². The quantitative estimate of drug-likeness (QED) is 0.797. The molecule has 2 aromatic heterocycles. The van der Waals surface area contributed by atoms with Crippen molar-refractivity contribution in [3.05, 3.63) is 46.8 Å². The molecule has 0 aromatic carbocycles. The standard InChI is InChI=1S/C10H9N3O2/c1-7-8(3-2-4-11-7)15-10-9(14)12-5-6-13-10/h2-6H,1H3,(H,12,14). The highest BCUT2D eigenvalue weighted by Crippen LogP contribution is 2.18. The monoisotopic (exact) mass is 203 g/mol. The van der Waals surface area contributed by atoms with Crippen molar-refractivity contribution < 1.29 is 4.74 Å². The summed E-state index contributed by atoms with van der Waals surface area (Å²) >= 11 is 0. The highest BCUT2D eigenvalue weighted by molar-refractivity contribution is 5.28. The van der Waals surface area contributed by atoms with Gasteiger partial charge in [-0.25, -0.2) is 4.98 Å². The molecule has 2 aromatic rings. The second-order valence-corrected chi connectivity index (χ2v) is 2.91. The van der Waals surface area contributed by atoms with Crippen LogP contribution in [0.1, 0.15) is 5.69 Å². The van der Waals surface area contributed by atoms with Crippen LogP contribution < -0.4 is 10.3 Å². The number of pyridine rings is 1. The molecule has 0 amide bonds. The molecule has 5 heteroatoms. The van der Waals surface area contributed by atoms with E-state index in [1.165, 1.54) is 12.4 Å². The third-order valence-corrected chi connectivity index (χ3v) is 1.84. The molecule has 0 fully saturated rings. The van der Waals surface area contributed by atoms with Crippen molar-refractivity contribution in [3.63, 3.8) is 0 Å². The van der Waals surface area contributed by atoms with Crippen molar-refractivity contribution in [1.82, 2.24) is 15.0 Å². The van der Waals surface area contributed by atoms with E-state index in [1.807, 2.05) is 0 Å². The number of rotatable bonds is 2. The molecule has 0 aliphatic rings. The molecule has 2 rings (SSSR count). The van der Waals surface area contributed by atoms with Gasteiger partial charge in [-0.15, -0.1) is 0 Å². The third kappa shape index (κ3) is 2.01. The Balaban J connectivity index is 2.34. The zero-order chi connectivity index (χ0) is 10.7. The van der Waals surface area contributed by atoms with Crippen LogP contribution in [0, 0.1) is 6.92 Å². The van der Waals surface area contributed by atoms with Gasteiger partial charge in [-0.05, 0) is 19.1 Å². The lowest BCUT2D eigenvalue weighted by molar-refractivity contribution is 0.448. The van der Waals surface area contributed by atoms with Crippen LogP contribution in [0.15, 0.2) is 35.5 Å². The molecule has 0 saturated carbocycles. The Kier molecular flexibility index (Phi) is 2.45. The van der Waals surface area contributed by atoms with Gasteiger partial charge in [0.05, 0.1) is 5.69 Å². The van der Waals surface area contributed by atoms with Crippen LogP contribution in [-0.4, -0.2) is 15.0 Å². The molecule has 0 bridgehead atoms. The number of hydrogen-bond donors (Lipinski definition) is 1. The molecule has 2 heterocycles. The van der Waals surface area contributed by atoms with Crippen molar-refractivity contribution in [2.75, 3.05) is 0 Å². The van der Waals surface area contributed by atoms with E-state index in [1.54, 1.807) is 25.3 Å². The highest BCUT2D eigenvalue weighted by atomic mass is 16.5. The first-order valence-electron chi connectivity index (χ1n) is 4.40. The van der Waals surface area contributed by atoms with Crippen LogP contribution in [0.3, 0.4) is 0 Å². The maximum absolute atomic E-state index is 11.3. The molecule has 0 spiro atoms. The molecule has 15 heavy (non-hydrogen) atoms. The smallest absolute Gasteiger partial charge is 0.311 e. The summed E-state index contributed by atoms with van der Waals surface area (Å²) in [4.78, 5) is 21.6. The minimum atomic E-state index is -0.360. The Bertz CT molecular complexity index is 522. The molecule has 0 aliphatic carbocycles. The first-order chi connectivity index (χ1) is 7.27. The number of nitrogens with zero attached hydrogens (tertiary/aromatic N) is 2. The lowest BCUT2D eigenvalue weighted by Gasteiger charge is -2.04. The van der Waals surface area contributed by atoms with E-state index in [9.17, 15) is 4.79 Å². The van der Waals surface area contributed by atoms with Crippen LogP contribution >= 0.6 is 0 Å². The maximum Gasteiger partial charge on any atom is 0.311 e. The minimum absolute atomic E-state index is 0.0219. The van der Waals surface area contributed by atoms with E-state index in [4.69, 9.17) is 4.74 Å². The fourth-order valence-electron chi connectivity index (χ4n) is 1.09. The van der Waals surface area contributed by atoms with E-state index in [-0.39, 0.29) is 11.4 Å². The van der Waals surface area contributed by atoms with Crippen molar-refractivity contribution >= 4 is 0 Å². The predicted octanol–water partition coefficient (Wildman–Crippen LogP) is 1.27. The average molecular weight is 203 g/mol. The van der Waals surface area contributed by atoms with E-state index in [0.717, 1.165) is 0 Å². The zero-order valence-corrected chi connectivity index (χ0v) is 8.10. The Hall–Kier alpha value is -2.17. The van der Waals surface area contributed by atoms with Gasteiger partial charge in [0.1, 0.15) is 0 Å². The first kappa shape index (κ1) is 9.39. The molecule has 76 valence electrons. The summed E-state index contributed by atoms with van der Waals surface area (Å²) in [5.74, 6) is 0.551. The van der Waals surface area contributed by atoms with Crippen LogP contribution in [0.4, 0.5) is 0 Å². The lowest BCUT2D eigenvalue weighted by atomic mass is 10.3. The molecule has 0 saturated heterocycles. The number of hydrogen-bond acceptors (Lipinski definition) is 4. The topological polar surface area (TPSA) is 67.9 Å². The Morgan fingerprint density at radius 3 is 2.93 bits per heavy atom. The molecular formula is C10H9N3O2. The second kappa shape index (κ2) is 3.91. The largest absolute Gasteiger partial charge is 0.433 e. The summed E-state index contributed by atoms with van der Waals surface area (Å²) in [5, 5.41) is 0. The van der Waals surface area contributed by atoms with Gasteiger partial charge in [-0.3, -0.25) is 9.78 Å². The van der Waals surface area contributed by atoms with Gasteiger partial charge in [0.2, 0.25) is 0 Å². The van der Waals surface area contributed by atoms with Crippen LogP contribution in [0.2, 0.25) is 0 Å². The van der Waals surface area contributed by atoms with E-state index < -0.39 is 0 Å². The van der Waals surface area contributed by atoms with Crippen molar-refractivity contribution in [3.8, 4) is 11.6 Å². The van der Waals surface area contributed by atoms with Gasteiger partial charge in [-0.1, -0.05) is 0 Å². The van der Waals surface area contributed by atoms with Gasteiger partial charge in [0, 0.05) is 18.6 Å². The van der Waals surface area contributed by atoms with E-state index >= 15 is 0 Å². The van der Waals surface area contributed by atoms with Gasteiger partial charge >= 0.3 is 5.56 Å². The summed E-state index contributed by atoms with van der Waals surface area (Å²) in [6, 6.07) is 3.47. The second-order valence-electron chi connectivity index (χ2n) is 2.91. The van der Waals surface area contributed by atoms with Gasteiger partial charge < -0.3 is 9.72 Å². The van der Waals surface area contributed by atoms with Crippen LogP contribution in [-0.2, 0) is 0 Å². The molecule has 1 N–H and O–H groups in total. The number of nitrogens with one attached hydrogen (secondary N) is 1. The Morgan fingerprint density at radius 2 is 2.20 bits per heavy atom. The number of aromatic nitrogens is 3. The molecule has 0 atom stereocenters. The summed E-state index contributed by atoms with van der Waals surface area (Å²) in [5.41, 5.74) is 0.350. The molecule has 0 unspecified atom stereocenters. The first-order valence-corrected chi connectivity index (χ1v) is 4.40. The average Bonchev–Trinajstić information content (AvgIpc) is 2.24. The number of aryl methyl sites for hydroxylation is 1. The molecule has 5 nitrogen and oxygen atoms in total. The maximum atomic E-state index is 11.3. The third-order valence-electron chi connectivity index (χ3n) is 1.84.